The zero-order valence-electron chi connectivity index (χ0n) is 32.2. The summed E-state index contributed by atoms with van der Waals surface area (Å²) in [6.45, 7) is 0. The van der Waals surface area contributed by atoms with E-state index in [0.717, 1.165) is 88.5 Å². The predicted molar refractivity (Wildman–Crippen MR) is 245 cm³/mol. The molecule has 10 aromatic rings. The Kier molecular flexibility index (Phi) is 8.48. The Morgan fingerprint density at radius 3 is 1.85 bits per heavy atom. The number of allylic oxidation sites excluding steroid dienone is 1. The van der Waals surface area contributed by atoms with Crippen molar-refractivity contribution in [3.63, 3.8) is 0 Å². The summed E-state index contributed by atoms with van der Waals surface area (Å²) in [5.41, 5.74) is 15.3. The van der Waals surface area contributed by atoms with Crippen molar-refractivity contribution in [2.24, 2.45) is 5.10 Å². The molecule has 1 aliphatic rings. The van der Waals surface area contributed by atoms with Gasteiger partial charge in [-0.15, -0.1) is 0 Å². The lowest BCUT2D eigenvalue weighted by Crippen LogP contribution is -2.19. The molecule has 0 saturated carbocycles. The third-order valence-corrected chi connectivity index (χ3v) is 11.0. The molecule has 0 saturated heterocycles. The molecule has 282 valence electrons. The van der Waals surface area contributed by atoms with Gasteiger partial charge in [0, 0.05) is 33.0 Å². The normalized spacial score (nSPS) is 13.0. The number of nitrogens with one attached hydrogen (secondary N) is 2. The molecule has 7 nitrogen and oxygen atoms in total. The molecule has 0 atom stereocenters. The van der Waals surface area contributed by atoms with Gasteiger partial charge in [0.1, 0.15) is 16.9 Å². The van der Waals surface area contributed by atoms with Crippen molar-refractivity contribution in [2.45, 2.75) is 0 Å². The zero-order valence-corrected chi connectivity index (χ0v) is 32.2. The minimum absolute atomic E-state index is 0.348. The lowest BCUT2D eigenvalue weighted by molar-refractivity contribution is 0.669. The van der Waals surface area contributed by atoms with Gasteiger partial charge in [-0.3, -0.25) is 10.8 Å². The third-order valence-electron chi connectivity index (χ3n) is 11.0. The van der Waals surface area contributed by atoms with Crippen LogP contribution in [-0.2, 0) is 0 Å². The summed E-state index contributed by atoms with van der Waals surface area (Å²) in [5, 5.41) is 17.7. The third kappa shape index (κ3) is 6.31. The Morgan fingerprint density at radius 1 is 0.467 bits per heavy atom. The van der Waals surface area contributed by atoms with E-state index >= 15 is 0 Å². The van der Waals surface area contributed by atoms with Crippen LogP contribution in [0.5, 0.6) is 0 Å². The summed E-state index contributed by atoms with van der Waals surface area (Å²) in [7, 11) is 0. The van der Waals surface area contributed by atoms with Gasteiger partial charge >= 0.3 is 0 Å². The van der Waals surface area contributed by atoms with Crippen LogP contribution in [0.2, 0.25) is 0 Å². The fraction of sp³-hybridized carbons (Fsp3) is 0. The Bertz CT molecular complexity index is 3370. The number of furan rings is 1. The van der Waals surface area contributed by atoms with Crippen LogP contribution in [0.25, 0.3) is 95.2 Å². The van der Waals surface area contributed by atoms with Gasteiger partial charge in [-0.05, 0) is 87.1 Å². The van der Waals surface area contributed by atoms with Crippen molar-refractivity contribution in [3.05, 3.63) is 199 Å². The topological polar surface area (TPSA) is 100 Å². The number of fused-ring (bicyclic) bond motifs is 6. The van der Waals surface area contributed by atoms with Crippen LogP contribution >= 0.6 is 0 Å². The molecule has 7 heteroatoms. The Hall–Kier alpha value is -8.29. The lowest BCUT2D eigenvalue weighted by atomic mass is 9.88. The SMILES string of the molecule is N=C1C=Cc2ccc3ccc(-c4cccc(-c5nc(-c6cccc(-c7ccccc7)c6)nc(-c6cccc7oc8ccccc8c67)n5)c4)cc3c2/C1=N/Nc1ccccc1. The summed E-state index contributed by atoms with van der Waals surface area (Å²) >= 11 is 0. The van der Waals surface area contributed by atoms with Crippen LogP contribution < -0.4 is 5.43 Å². The predicted octanol–water partition coefficient (Wildman–Crippen LogP) is 13.1. The second kappa shape index (κ2) is 14.6. The van der Waals surface area contributed by atoms with Crippen molar-refractivity contribution in [1.82, 2.24) is 15.0 Å². The molecule has 60 heavy (non-hydrogen) atoms. The van der Waals surface area contributed by atoms with E-state index < -0.39 is 0 Å². The molecule has 0 spiro atoms. The quantitative estimate of drug-likeness (QED) is 0.157. The molecule has 11 rings (SSSR count). The van der Waals surface area contributed by atoms with Crippen LogP contribution in [0, 0.1) is 5.41 Å². The van der Waals surface area contributed by atoms with E-state index in [0.29, 0.717) is 28.9 Å². The summed E-state index contributed by atoms with van der Waals surface area (Å²) in [4.78, 5) is 15.5. The second-order valence-electron chi connectivity index (χ2n) is 14.8. The zero-order chi connectivity index (χ0) is 40.0. The molecule has 0 bridgehead atoms. The largest absolute Gasteiger partial charge is 0.456 e. The molecule has 0 fully saturated rings. The number of hydrogen-bond acceptors (Lipinski definition) is 7. The number of hydrazone groups is 1. The monoisotopic (exact) mass is 770 g/mol. The number of rotatable bonds is 7. The molecular formula is C53H34N6O. The first-order chi connectivity index (χ1) is 29.6. The van der Waals surface area contributed by atoms with Crippen LogP contribution in [0.4, 0.5) is 5.69 Å². The van der Waals surface area contributed by atoms with Gasteiger partial charge in [-0.2, -0.15) is 5.10 Å². The van der Waals surface area contributed by atoms with Gasteiger partial charge in [0.25, 0.3) is 0 Å². The highest BCUT2D eigenvalue weighted by molar-refractivity contribution is 6.55. The standard InChI is InChI=1S/C53H34N6O/c54-45-29-28-35-26-24-34-25-27-38(32-44(34)48(35)50(45)59-58-41-18-5-2-6-19-41)37-15-10-17-40(31-37)52-55-51(39-16-9-14-36(30-39)33-12-3-1-4-13-33)56-53(57-52)43-21-11-23-47-49(43)42-20-7-8-22-46(42)60-47/h1-32,54,58H/b54-45?,59-50+. The molecule has 2 heterocycles. The van der Waals surface area contributed by atoms with Crippen molar-refractivity contribution in [3.8, 4) is 56.4 Å². The van der Waals surface area contributed by atoms with E-state index in [1.54, 1.807) is 6.08 Å². The highest BCUT2D eigenvalue weighted by Gasteiger charge is 2.21. The molecule has 0 unspecified atom stereocenters. The fourth-order valence-corrected chi connectivity index (χ4v) is 8.08. The Labute approximate surface area is 345 Å². The minimum atomic E-state index is 0.348. The van der Waals surface area contributed by atoms with Gasteiger partial charge in [0.05, 0.1) is 11.4 Å². The van der Waals surface area contributed by atoms with Gasteiger partial charge in [-0.25, -0.2) is 15.0 Å². The summed E-state index contributed by atoms with van der Waals surface area (Å²) in [5.74, 6) is 1.70. The first-order valence-electron chi connectivity index (χ1n) is 19.8. The molecule has 0 aliphatic heterocycles. The minimum Gasteiger partial charge on any atom is -0.456 e. The number of hydrogen-bond donors (Lipinski definition) is 2. The maximum atomic E-state index is 8.87. The molecule has 2 N–H and O–H groups in total. The summed E-state index contributed by atoms with van der Waals surface area (Å²) in [6.07, 6.45) is 3.79. The summed E-state index contributed by atoms with van der Waals surface area (Å²) < 4.78 is 6.29. The van der Waals surface area contributed by atoms with Crippen molar-refractivity contribution >= 4 is 55.9 Å². The lowest BCUT2D eigenvalue weighted by Gasteiger charge is -2.18. The second-order valence-corrected chi connectivity index (χ2v) is 14.8. The van der Waals surface area contributed by atoms with E-state index in [9.17, 15) is 0 Å². The van der Waals surface area contributed by atoms with Gasteiger partial charge in [-0.1, -0.05) is 146 Å². The van der Waals surface area contributed by atoms with Crippen LogP contribution in [-0.4, -0.2) is 26.4 Å². The van der Waals surface area contributed by atoms with Crippen molar-refractivity contribution in [2.75, 3.05) is 5.43 Å². The van der Waals surface area contributed by atoms with E-state index in [4.69, 9.17) is 29.9 Å². The van der Waals surface area contributed by atoms with Crippen molar-refractivity contribution in [1.29, 1.82) is 5.41 Å². The maximum Gasteiger partial charge on any atom is 0.164 e. The average Bonchev–Trinajstić information content (AvgIpc) is 3.71. The van der Waals surface area contributed by atoms with Gasteiger partial charge in [0.15, 0.2) is 17.5 Å². The Morgan fingerprint density at radius 2 is 1.07 bits per heavy atom. The van der Waals surface area contributed by atoms with E-state index in [-0.39, 0.29) is 0 Å². The Balaban J connectivity index is 1.05. The fourth-order valence-electron chi connectivity index (χ4n) is 8.08. The van der Waals surface area contributed by atoms with Gasteiger partial charge < -0.3 is 4.42 Å². The number of benzene rings is 8. The average molecular weight is 771 g/mol. The number of para-hydroxylation sites is 2. The maximum absolute atomic E-state index is 8.87. The highest BCUT2D eigenvalue weighted by Crippen LogP contribution is 2.38. The molecule has 1 aliphatic carbocycles. The smallest absolute Gasteiger partial charge is 0.164 e. The van der Waals surface area contributed by atoms with E-state index in [2.05, 4.69) is 102 Å². The molecular weight excluding hydrogens is 737 g/mol. The number of nitrogens with zero attached hydrogens (tertiary/aromatic N) is 4. The van der Waals surface area contributed by atoms with Crippen LogP contribution in [0.15, 0.2) is 198 Å². The number of aromatic nitrogens is 3. The molecule has 8 aromatic carbocycles. The number of anilines is 1. The first kappa shape index (κ1) is 34.9. The van der Waals surface area contributed by atoms with E-state index in [1.165, 1.54) is 0 Å². The van der Waals surface area contributed by atoms with Gasteiger partial charge in [0.2, 0.25) is 0 Å². The van der Waals surface area contributed by atoms with Crippen LogP contribution in [0.3, 0.4) is 0 Å². The molecule has 0 radical (unpaired) electrons. The first-order valence-corrected chi connectivity index (χ1v) is 19.8. The van der Waals surface area contributed by atoms with E-state index in [1.807, 2.05) is 91.0 Å². The summed E-state index contributed by atoms with van der Waals surface area (Å²) in [6, 6.07) is 61.7. The van der Waals surface area contributed by atoms with Crippen molar-refractivity contribution < 1.29 is 4.42 Å². The molecule has 2 aromatic heterocycles. The highest BCUT2D eigenvalue weighted by atomic mass is 16.3. The molecule has 0 amide bonds. The van der Waals surface area contributed by atoms with Crippen LogP contribution in [0.1, 0.15) is 11.1 Å².